The Balaban J connectivity index is 4.08. The molecule has 0 fully saturated rings. The van der Waals surface area contributed by atoms with Gasteiger partial charge in [-0.3, -0.25) is 13.8 Å². The molecule has 1 unspecified atom stereocenters. The Hall–Kier alpha value is -0.920. The zero-order valence-electron chi connectivity index (χ0n) is 27.2. The average Bonchev–Trinajstić information content (AvgIpc) is 2.97. The molecule has 0 spiro atoms. The van der Waals surface area contributed by atoms with Gasteiger partial charge in [-0.15, -0.1) is 0 Å². The monoisotopic (exact) mass is 619 g/mol. The summed E-state index contributed by atoms with van der Waals surface area (Å²) in [5.74, 6) is -0.359. The van der Waals surface area contributed by atoms with Crippen LogP contribution >= 0.6 is 7.82 Å². The highest BCUT2D eigenvalue weighted by molar-refractivity contribution is 7.47. The number of phosphoric acid groups is 1. The average molecular weight is 620 g/mol. The van der Waals surface area contributed by atoms with Crippen molar-refractivity contribution in [3.63, 3.8) is 0 Å². The summed E-state index contributed by atoms with van der Waals surface area (Å²) in [6.45, 7) is 4.19. The van der Waals surface area contributed by atoms with Gasteiger partial charge in [0, 0.05) is 13.0 Å². The SMILES string of the molecule is CCCCCCCCCCCCCCCC/C=C/OC[C@@H](COP(=O)(O)OCCN)OC(=O)CCCCCCCCC. The van der Waals surface area contributed by atoms with Gasteiger partial charge in [0.1, 0.15) is 6.61 Å². The van der Waals surface area contributed by atoms with Gasteiger partial charge in [-0.05, 0) is 25.3 Å². The number of carbonyl (C=O) groups is 1. The van der Waals surface area contributed by atoms with Crippen LogP contribution in [0.4, 0.5) is 0 Å². The predicted octanol–water partition coefficient (Wildman–Crippen LogP) is 9.53. The van der Waals surface area contributed by atoms with E-state index in [1.807, 2.05) is 6.08 Å². The van der Waals surface area contributed by atoms with Gasteiger partial charge in [0.05, 0.1) is 19.5 Å². The van der Waals surface area contributed by atoms with E-state index in [4.69, 9.17) is 24.3 Å². The molecule has 0 amide bonds. The van der Waals surface area contributed by atoms with Crippen LogP contribution in [0, 0.1) is 0 Å². The van der Waals surface area contributed by atoms with Gasteiger partial charge in [0.15, 0.2) is 6.10 Å². The van der Waals surface area contributed by atoms with E-state index in [0.717, 1.165) is 32.1 Å². The second kappa shape index (κ2) is 31.5. The first kappa shape index (κ1) is 41.1. The van der Waals surface area contributed by atoms with Crippen LogP contribution in [-0.4, -0.2) is 43.3 Å². The largest absolute Gasteiger partial charge is 0.498 e. The van der Waals surface area contributed by atoms with Gasteiger partial charge in [0.25, 0.3) is 0 Å². The lowest BCUT2D eigenvalue weighted by atomic mass is 10.0. The van der Waals surface area contributed by atoms with Gasteiger partial charge in [-0.1, -0.05) is 136 Å². The van der Waals surface area contributed by atoms with Crippen LogP contribution < -0.4 is 5.73 Å². The van der Waals surface area contributed by atoms with Crippen LogP contribution in [0.15, 0.2) is 12.3 Å². The lowest BCUT2D eigenvalue weighted by molar-refractivity contribution is -0.153. The zero-order chi connectivity index (χ0) is 31.0. The molecule has 0 saturated carbocycles. The molecule has 0 rings (SSSR count). The van der Waals surface area contributed by atoms with Crippen LogP contribution in [0.2, 0.25) is 0 Å². The minimum Gasteiger partial charge on any atom is -0.498 e. The predicted molar refractivity (Wildman–Crippen MR) is 173 cm³/mol. The molecule has 3 N–H and O–H groups in total. The number of nitrogens with two attached hydrogens (primary N) is 1. The van der Waals surface area contributed by atoms with Crippen molar-refractivity contribution < 1.29 is 32.8 Å². The Morgan fingerprint density at radius 3 is 1.69 bits per heavy atom. The van der Waals surface area contributed by atoms with Crippen LogP contribution in [0.3, 0.4) is 0 Å². The lowest BCUT2D eigenvalue weighted by Crippen LogP contribution is -2.27. The topological polar surface area (TPSA) is 117 Å². The molecule has 0 aromatic heterocycles. The quantitative estimate of drug-likeness (QED) is 0.0323. The number of carbonyl (C=O) groups excluding carboxylic acids is 1. The first-order valence-electron chi connectivity index (χ1n) is 17.2. The summed E-state index contributed by atoms with van der Waals surface area (Å²) in [7, 11) is -4.27. The van der Waals surface area contributed by atoms with Crippen molar-refractivity contribution in [1.82, 2.24) is 0 Å². The molecule has 0 aromatic rings. The highest BCUT2D eigenvalue weighted by Gasteiger charge is 2.25. The standard InChI is InChI=1S/C33H66NO7P/c1-3-5-7-9-11-12-13-14-15-16-17-18-19-21-23-25-28-38-30-32(31-40-42(36,37)39-29-27-34)41-33(35)26-24-22-20-10-8-6-4-2/h25,28,32H,3-24,26-27,29-31,34H2,1-2H3,(H,36,37)/b28-25+/t32-/m0/s1. The molecule has 42 heavy (non-hydrogen) atoms. The summed E-state index contributed by atoms with van der Waals surface area (Å²) in [4.78, 5) is 22.1. The van der Waals surface area contributed by atoms with Gasteiger partial charge >= 0.3 is 13.8 Å². The third-order valence-corrected chi connectivity index (χ3v) is 8.26. The summed E-state index contributed by atoms with van der Waals surface area (Å²) >= 11 is 0. The minimum absolute atomic E-state index is 0.0366. The third-order valence-electron chi connectivity index (χ3n) is 7.28. The molecule has 0 aromatic carbocycles. The molecule has 9 heteroatoms. The molecular formula is C33H66NO7P. The zero-order valence-corrected chi connectivity index (χ0v) is 28.1. The maximum absolute atomic E-state index is 12.3. The van der Waals surface area contributed by atoms with E-state index in [9.17, 15) is 14.3 Å². The number of ether oxygens (including phenoxy) is 2. The van der Waals surface area contributed by atoms with Crippen LogP contribution in [0.5, 0.6) is 0 Å². The second-order valence-corrected chi connectivity index (χ2v) is 12.9. The molecule has 250 valence electrons. The number of allylic oxidation sites excluding steroid dienone is 1. The summed E-state index contributed by atoms with van der Waals surface area (Å²) in [5.41, 5.74) is 5.32. The summed E-state index contributed by atoms with van der Waals surface area (Å²) < 4.78 is 32.8. The highest BCUT2D eigenvalue weighted by Crippen LogP contribution is 2.43. The Morgan fingerprint density at radius 2 is 1.19 bits per heavy atom. The molecule has 0 aliphatic carbocycles. The molecule has 8 nitrogen and oxygen atoms in total. The van der Waals surface area contributed by atoms with Crippen molar-refractivity contribution >= 4 is 13.8 Å². The van der Waals surface area contributed by atoms with Crippen molar-refractivity contribution in [3.05, 3.63) is 12.3 Å². The van der Waals surface area contributed by atoms with Crippen molar-refractivity contribution in [1.29, 1.82) is 0 Å². The summed E-state index contributed by atoms with van der Waals surface area (Å²) in [5, 5.41) is 0. The molecule has 0 saturated heterocycles. The van der Waals surface area contributed by atoms with Crippen molar-refractivity contribution in [2.75, 3.05) is 26.4 Å². The normalized spacial score (nSPS) is 13.8. The molecule has 2 atom stereocenters. The summed E-state index contributed by atoms with van der Waals surface area (Å²) in [6.07, 6.45) is 30.5. The Kier molecular flexibility index (Phi) is 30.8. The molecule has 0 aliphatic rings. The number of hydrogen-bond donors (Lipinski definition) is 2. The number of phosphoric ester groups is 1. The van der Waals surface area contributed by atoms with Gasteiger partial charge in [-0.25, -0.2) is 4.57 Å². The Morgan fingerprint density at radius 1 is 0.714 bits per heavy atom. The number of hydrogen-bond acceptors (Lipinski definition) is 7. The van der Waals surface area contributed by atoms with E-state index in [2.05, 4.69) is 13.8 Å². The van der Waals surface area contributed by atoms with Crippen LogP contribution in [0.1, 0.15) is 162 Å². The van der Waals surface area contributed by atoms with Crippen molar-refractivity contribution in [2.45, 2.75) is 168 Å². The number of unbranched alkanes of at least 4 members (excludes halogenated alkanes) is 20. The van der Waals surface area contributed by atoms with Crippen molar-refractivity contribution in [2.24, 2.45) is 5.73 Å². The Bertz CT molecular complexity index is 662. The fraction of sp³-hybridized carbons (Fsp3) is 0.909. The fourth-order valence-electron chi connectivity index (χ4n) is 4.73. The van der Waals surface area contributed by atoms with E-state index in [0.29, 0.717) is 6.42 Å². The van der Waals surface area contributed by atoms with E-state index < -0.39 is 13.9 Å². The Labute approximate surface area is 258 Å². The van der Waals surface area contributed by atoms with Gasteiger partial charge < -0.3 is 20.1 Å². The molecule has 0 heterocycles. The maximum Gasteiger partial charge on any atom is 0.472 e. The summed E-state index contributed by atoms with van der Waals surface area (Å²) in [6, 6.07) is 0. The maximum atomic E-state index is 12.3. The number of esters is 1. The van der Waals surface area contributed by atoms with Crippen LogP contribution in [0.25, 0.3) is 0 Å². The smallest absolute Gasteiger partial charge is 0.472 e. The lowest BCUT2D eigenvalue weighted by Gasteiger charge is -2.19. The van der Waals surface area contributed by atoms with Crippen molar-refractivity contribution in [3.8, 4) is 0 Å². The highest BCUT2D eigenvalue weighted by atomic mass is 31.2. The number of rotatable bonds is 33. The van der Waals surface area contributed by atoms with E-state index in [-0.39, 0.29) is 32.3 Å². The second-order valence-electron chi connectivity index (χ2n) is 11.5. The van der Waals surface area contributed by atoms with Crippen LogP contribution in [-0.2, 0) is 27.9 Å². The van der Waals surface area contributed by atoms with E-state index in [1.165, 1.54) is 109 Å². The molecular weight excluding hydrogens is 553 g/mol. The molecule has 0 bridgehead atoms. The minimum atomic E-state index is -4.27. The molecule has 0 radical (unpaired) electrons. The first-order chi connectivity index (χ1) is 20.4. The van der Waals surface area contributed by atoms with Gasteiger partial charge in [-0.2, -0.15) is 0 Å². The van der Waals surface area contributed by atoms with Gasteiger partial charge in [0.2, 0.25) is 0 Å². The third kappa shape index (κ3) is 30.5. The fourth-order valence-corrected chi connectivity index (χ4v) is 5.49. The van der Waals surface area contributed by atoms with E-state index >= 15 is 0 Å². The first-order valence-corrected chi connectivity index (χ1v) is 18.7. The van der Waals surface area contributed by atoms with E-state index in [1.54, 1.807) is 6.26 Å². The molecule has 0 aliphatic heterocycles.